The molecule has 1 atom stereocenters. The molecule has 2 N–H and O–H groups in total. The summed E-state index contributed by atoms with van der Waals surface area (Å²) in [5.74, 6) is 0. The number of hydrogen-bond donors (Lipinski definition) is 2. The van der Waals surface area contributed by atoms with Gasteiger partial charge in [-0.1, -0.05) is 25.8 Å². The number of nitrogens with one attached hydrogen (secondary N) is 2. The van der Waals surface area contributed by atoms with Crippen LogP contribution in [0, 0.1) is 18.4 Å². The van der Waals surface area contributed by atoms with Gasteiger partial charge in [0.25, 0.3) is 0 Å². The van der Waals surface area contributed by atoms with Gasteiger partial charge in [-0.3, -0.25) is 0 Å². The Balaban J connectivity index is 2.07. The van der Waals surface area contributed by atoms with Gasteiger partial charge in [0.1, 0.15) is 0 Å². The lowest BCUT2D eigenvalue weighted by Crippen LogP contribution is -2.36. The molecule has 0 spiro atoms. The summed E-state index contributed by atoms with van der Waals surface area (Å²) >= 11 is 0. The van der Waals surface area contributed by atoms with Crippen LogP contribution in [0.25, 0.3) is 0 Å². The van der Waals surface area contributed by atoms with E-state index >= 15 is 0 Å². The van der Waals surface area contributed by atoms with E-state index in [4.69, 9.17) is 5.26 Å². The molecule has 1 aromatic carbocycles. The zero-order valence-corrected chi connectivity index (χ0v) is 15.2. The zero-order chi connectivity index (χ0) is 17.6. The predicted octanol–water partition coefficient (Wildman–Crippen LogP) is 2.43. The van der Waals surface area contributed by atoms with E-state index < -0.39 is 10.0 Å². The summed E-state index contributed by atoms with van der Waals surface area (Å²) in [6.07, 6.45) is 6.09. The number of unbranched alkanes of at least 4 members (excludes halogenated alkanes) is 2. The first-order chi connectivity index (χ1) is 11.5. The van der Waals surface area contributed by atoms with E-state index in [9.17, 15) is 8.42 Å². The fourth-order valence-corrected chi connectivity index (χ4v) is 4.37. The standard InChI is InChI=1S/C17H26N4O2S/c1-3-4-5-9-19-15-7-6-14(2)17(11-15)24(22,23)20-16-8-10-21(12-16)13-18/h6-7,11,16,19-20H,3-5,8-10,12H2,1-2H3. The third-order valence-electron chi connectivity index (χ3n) is 4.24. The molecule has 24 heavy (non-hydrogen) atoms. The molecular formula is C17H26N4O2S. The van der Waals surface area contributed by atoms with Crippen molar-refractivity contribution < 1.29 is 8.42 Å². The van der Waals surface area contributed by atoms with Crippen LogP contribution in [-0.4, -0.2) is 39.0 Å². The Morgan fingerprint density at radius 3 is 2.83 bits per heavy atom. The number of aryl methyl sites for hydroxylation is 1. The van der Waals surface area contributed by atoms with Crippen LogP contribution in [0.15, 0.2) is 23.1 Å². The topological polar surface area (TPSA) is 85.2 Å². The molecule has 1 saturated heterocycles. The van der Waals surface area contributed by atoms with E-state index in [2.05, 4.69) is 23.2 Å². The van der Waals surface area contributed by atoms with Crippen molar-refractivity contribution in [1.82, 2.24) is 9.62 Å². The molecule has 1 aliphatic rings. The van der Waals surface area contributed by atoms with Crippen molar-refractivity contribution in [3.8, 4) is 6.19 Å². The largest absolute Gasteiger partial charge is 0.385 e. The van der Waals surface area contributed by atoms with Crippen LogP contribution < -0.4 is 10.0 Å². The molecule has 0 bridgehead atoms. The monoisotopic (exact) mass is 350 g/mol. The Morgan fingerprint density at radius 1 is 1.38 bits per heavy atom. The third-order valence-corrected chi connectivity index (χ3v) is 5.90. The number of benzene rings is 1. The fraction of sp³-hybridized carbons (Fsp3) is 0.588. The van der Waals surface area contributed by atoms with E-state index in [0.29, 0.717) is 24.4 Å². The highest BCUT2D eigenvalue weighted by Crippen LogP contribution is 2.21. The highest BCUT2D eigenvalue weighted by Gasteiger charge is 2.27. The SMILES string of the molecule is CCCCCNc1ccc(C)c(S(=O)(=O)NC2CCN(C#N)C2)c1. The molecule has 0 aliphatic carbocycles. The van der Waals surface area contributed by atoms with Crippen molar-refractivity contribution in [2.45, 2.75) is 50.5 Å². The van der Waals surface area contributed by atoms with Crippen LogP contribution in [0.2, 0.25) is 0 Å². The second-order valence-electron chi connectivity index (χ2n) is 6.27. The molecular weight excluding hydrogens is 324 g/mol. The number of hydrogen-bond acceptors (Lipinski definition) is 5. The minimum Gasteiger partial charge on any atom is -0.385 e. The number of anilines is 1. The van der Waals surface area contributed by atoms with Gasteiger partial charge in [0, 0.05) is 31.4 Å². The van der Waals surface area contributed by atoms with Gasteiger partial charge >= 0.3 is 0 Å². The highest BCUT2D eigenvalue weighted by atomic mass is 32.2. The molecule has 7 heteroatoms. The van der Waals surface area contributed by atoms with Gasteiger partial charge in [0.2, 0.25) is 10.0 Å². The van der Waals surface area contributed by atoms with Crippen molar-refractivity contribution >= 4 is 15.7 Å². The molecule has 0 radical (unpaired) electrons. The van der Waals surface area contributed by atoms with Crippen LogP contribution in [0.3, 0.4) is 0 Å². The first-order valence-corrected chi connectivity index (χ1v) is 9.96. The third kappa shape index (κ3) is 4.86. The summed E-state index contributed by atoms with van der Waals surface area (Å²) in [5.41, 5.74) is 1.54. The van der Waals surface area contributed by atoms with Gasteiger partial charge < -0.3 is 10.2 Å². The van der Waals surface area contributed by atoms with Crippen molar-refractivity contribution in [3.05, 3.63) is 23.8 Å². The molecule has 0 saturated carbocycles. The van der Waals surface area contributed by atoms with Gasteiger partial charge in [-0.15, -0.1) is 0 Å². The lowest BCUT2D eigenvalue weighted by atomic mass is 10.2. The van der Waals surface area contributed by atoms with Gasteiger partial charge in [-0.2, -0.15) is 5.26 Å². The molecule has 132 valence electrons. The Kier molecular flexibility index (Phi) is 6.46. The Morgan fingerprint density at radius 2 is 2.17 bits per heavy atom. The average Bonchev–Trinajstić information content (AvgIpc) is 2.99. The molecule has 1 aliphatic heterocycles. The van der Waals surface area contributed by atoms with Crippen molar-refractivity contribution in [3.63, 3.8) is 0 Å². The van der Waals surface area contributed by atoms with E-state index in [0.717, 1.165) is 37.1 Å². The molecule has 1 unspecified atom stereocenters. The van der Waals surface area contributed by atoms with Gasteiger partial charge in [0.05, 0.1) is 4.90 Å². The van der Waals surface area contributed by atoms with Crippen molar-refractivity contribution in [2.24, 2.45) is 0 Å². The summed E-state index contributed by atoms with van der Waals surface area (Å²) < 4.78 is 28.1. The maximum absolute atomic E-state index is 12.7. The van der Waals surface area contributed by atoms with E-state index in [-0.39, 0.29) is 6.04 Å². The first-order valence-electron chi connectivity index (χ1n) is 8.48. The first kappa shape index (κ1) is 18.6. The average molecular weight is 350 g/mol. The molecule has 1 heterocycles. The van der Waals surface area contributed by atoms with Crippen molar-refractivity contribution in [1.29, 1.82) is 5.26 Å². The Bertz CT molecular complexity index is 697. The highest BCUT2D eigenvalue weighted by molar-refractivity contribution is 7.89. The summed E-state index contributed by atoms with van der Waals surface area (Å²) in [5, 5.41) is 12.2. The fourth-order valence-electron chi connectivity index (χ4n) is 2.84. The summed E-state index contributed by atoms with van der Waals surface area (Å²) in [4.78, 5) is 1.88. The van der Waals surface area contributed by atoms with Crippen LogP contribution in [0.4, 0.5) is 5.69 Å². The zero-order valence-electron chi connectivity index (χ0n) is 14.4. The lowest BCUT2D eigenvalue weighted by molar-refractivity contribution is 0.470. The van der Waals surface area contributed by atoms with E-state index in [1.165, 1.54) is 0 Å². The maximum atomic E-state index is 12.7. The number of rotatable bonds is 8. The second kappa shape index (κ2) is 8.36. The molecule has 0 amide bonds. The van der Waals surface area contributed by atoms with Crippen LogP contribution in [0.5, 0.6) is 0 Å². The number of likely N-dealkylation sites (tertiary alicyclic amines) is 1. The number of sulfonamides is 1. The van der Waals surface area contributed by atoms with E-state index in [1.54, 1.807) is 17.9 Å². The number of nitrogens with zero attached hydrogens (tertiary/aromatic N) is 2. The lowest BCUT2D eigenvalue weighted by Gasteiger charge is -2.15. The van der Waals surface area contributed by atoms with Gasteiger partial charge in [0.15, 0.2) is 6.19 Å². The molecule has 1 fully saturated rings. The second-order valence-corrected chi connectivity index (χ2v) is 7.95. The van der Waals surface area contributed by atoms with Gasteiger partial charge in [-0.05, 0) is 37.5 Å². The Labute approximate surface area is 144 Å². The number of nitriles is 1. The van der Waals surface area contributed by atoms with Crippen molar-refractivity contribution in [2.75, 3.05) is 25.0 Å². The quantitative estimate of drug-likeness (QED) is 0.555. The smallest absolute Gasteiger partial charge is 0.241 e. The molecule has 2 rings (SSSR count). The minimum absolute atomic E-state index is 0.213. The van der Waals surface area contributed by atoms with Gasteiger partial charge in [-0.25, -0.2) is 13.1 Å². The van der Waals surface area contributed by atoms with E-state index in [1.807, 2.05) is 12.1 Å². The Hall–Kier alpha value is -1.78. The van der Waals surface area contributed by atoms with Crippen LogP contribution >= 0.6 is 0 Å². The summed E-state index contributed by atoms with van der Waals surface area (Å²) in [7, 11) is -3.59. The van der Waals surface area contributed by atoms with Crippen LogP contribution in [0.1, 0.15) is 38.2 Å². The normalized spacial score (nSPS) is 17.7. The molecule has 0 aromatic heterocycles. The predicted molar refractivity (Wildman–Crippen MR) is 95.1 cm³/mol. The van der Waals surface area contributed by atoms with Crippen LogP contribution in [-0.2, 0) is 10.0 Å². The summed E-state index contributed by atoms with van der Waals surface area (Å²) in [6, 6.07) is 5.22. The molecule has 1 aromatic rings. The molecule has 6 nitrogen and oxygen atoms in total. The minimum atomic E-state index is -3.59. The summed E-state index contributed by atoms with van der Waals surface area (Å²) in [6.45, 7) is 5.82. The maximum Gasteiger partial charge on any atom is 0.241 e.